The van der Waals surface area contributed by atoms with Crippen molar-refractivity contribution >= 4 is 34.7 Å². The van der Waals surface area contributed by atoms with Gasteiger partial charge in [0.15, 0.2) is 0 Å². The first-order valence-corrected chi connectivity index (χ1v) is 5.43. The molecule has 2 rings (SSSR count). The van der Waals surface area contributed by atoms with E-state index in [9.17, 15) is 9.59 Å². The van der Waals surface area contributed by atoms with Crippen molar-refractivity contribution < 1.29 is 14.7 Å². The average Bonchev–Trinajstić information content (AvgIpc) is 2.55. The van der Waals surface area contributed by atoms with Gasteiger partial charge in [-0.3, -0.25) is 9.59 Å². The highest BCUT2D eigenvalue weighted by Crippen LogP contribution is 2.34. The maximum absolute atomic E-state index is 11.4. The Balaban J connectivity index is 2.43. The van der Waals surface area contributed by atoms with Gasteiger partial charge in [0.25, 0.3) is 11.7 Å². The number of nitrogens with zero attached hydrogens (tertiary/aromatic N) is 1. The molecular weight excluding hydrogens is 244 g/mol. The summed E-state index contributed by atoms with van der Waals surface area (Å²) < 4.78 is 0. The molecule has 1 aromatic carbocycles. The van der Waals surface area contributed by atoms with Crippen LogP contribution in [0.4, 0.5) is 11.4 Å². The third-order valence-electron chi connectivity index (χ3n) is 2.63. The minimum absolute atomic E-state index is 0.00476. The van der Waals surface area contributed by atoms with Crippen molar-refractivity contribution in [3.63, 3.8) is 0 Å². The van der Waals surface area contributed by atoms with E-state index in [0.717, 1.165) is 0 Å². The van der Waals surface area contributed by atoms with Gasteiger partial charge in [-0.05, 0) is 12.1 Å². The molecule has 0 saturated heterocycles. The number of aliphatic hydroxyl groups excluding tert-OH is 1. The van der Waals surface area contributed by atoms with E-state index < -0.39 is 11.7 Å². The molecule has 1 heterocycles. The second-order valence-electron chi connectivity index (χ2n) is 3.78. The molecule has 0 aliphatic carbocycles. The zero-order chi connectivity index (χ0) is 12.6. The highest BCUT2D eigenvalue weighted by atomic mass is 35.5. The number of hydrogen-bond donors (Lipinski definition) is 2. The Bertz CT molecular complexity index is 502. The van der Waals surface area contributed by atoms with Gasteiger partial charge in [0, 0.05) is 13.6 Å². The Morgan fingerprint density at radius 1 is 1.41 bits per heavy atom. The summed E-state index contributed by atoms with van der Waals surface area (Å²) in [7, 11) is 1.77. The molecule has 1 amide bonds. The highest BCUT2D eigenvalue weighted by molar-refractivity contribution is 6.52. The fourth-order valence-corrected chi connectivity index (χ4v) is 2.03. The standard InChI is InChI=1S/C11H11ClN2O3/c1-14(2-3-15)9-5-8-6(4-7(9)12)10(16)11(17)13-8/h4-5,15H,2-3H2,1H3,(H,13,16,17). The average molecular weight is 255 g/mol. The van der Waals surface area contributed by atoms with Crippen molar-refractivity contribution in [1.29, 1.82) is 0 Å². The zero-order valence-electron chi connectivity index (χ0n) is 9.16. The number of likely N-dealkylation sites (N-methyl/N-ethyl adjacent to an activating group) is 1. The summed E-state index contributed by atoms with van der Waals surface area (Å²) in [5.74, 6) is -1.21. The molecule has 5 nitrogen and oxygen atoms in total. The number of carbonyl (C=O) groups is 2. The van der Waals surface area contributed by atoms with Crippen LogP contribution in [-0.2, 0) is 4.79 Å². The lowest BCUT2D eigenvalue weighted by molar-refractivity contribution is -0.112. The summed E-state index contributed by atoms with van der Waals surface area (Å²) in [5, 5.41) is 11.7. The molecular formula is C11H11ClN2O3. The van der Waals surface area contributed by atoms with Gasteiger partial charge in [0.1, 0.15) is 0 Å². The lowest BCUT2D eigenvalue weighted by atomic mass is 10.1. The van der Waals surface area contributed by atoms with Crippen molar-refractivity contribution in [1.82, 2.24) is 0 Å². The van der Waals surface area contributed by atoms with Crippen LogP contribution in [0.5, 0.6) is 0 Å². The fraction of sp³-hybridized carbons (Fsp3) is 0.273. The van der Waals surface area contributed by atoms with Gasteiger partial charge < -0.3 is 15.3 Å². The normalized spacial score (nSPS) is 13.6. The number of ketones is 1. The van der Waals surface area contributed by atoms with Crippen molar-refractivity contribution in [3.05, 3.63) is 22.7 Å². The maximum Gasteiger partial charge on any atom is 0.296 e. The number of hydrogen-bond acceptors (Lipinski definition) is 4. The van der Waals surface area contributed by atoms with E-state index >= 15 is 0 Å². The minimum Gasteiger partial charge on any atom is -0.395 e. The molecule has 6 heteroatoms. The van der Waals surface area contributed by atoms with E-state index in [4.69, 9.17) is 16.7 Å². The molecule has 17 heavy (non-hydrogen) atoms. The topological polar surface area (TPSA) is 69.6 Å². The van der Waals surface area contributed by atoms with Crippen LogP contribution in [0.2, 0.25) is 5.02 Å². The molecule has 0 saturated carbocycles. The van der Waals surface area contributed by atoms with E-state index in [-0.39, 0.29) is 6.61 Å². The Morgan fingerprint density at radius 2 is 2.12 bits per heavy atom. The molecule has 1 aromatic rings. The molecule has 0 radical (unpaired) electrons. The molecule has 0 unspecified atom stereocenters. The molecule has 1 aliphatic heterocycles. The van der Waals surface area contributed by atoms with Crippen LogP contribution in [0.15, 0.2) is 12.1 Å². The first-order valence-electron chi connectivity index (χ1n) is 5.06. The van der Waals surface area contributed by atoms with Crippen LogP contribution in [0, 0.1) is 0 Å². The lowest BCUT2D eigenvalue weighted by Crippen LogP contribution is -2.21. The second-order valence-corrected chi connectivity index (χ2v) is 4.18. The molecule has 0 fully saturated rings. The number of benzene rings is 1. The van der Waals surface area contributed by atoms with E-state index in [1.165, 1.54) is 6.07 Å². The zero-order valence-corrected chi connectivity index (χ0v) is 9.91. The smallest absolute Gasteiger partial charge is 0.296 e. The van der Waals surface area contributed by atoms with Crippen LogP contribution in [0.3, 0.4) is 0 Å². The predicted molar refractivity (Wildman–Crippen MR) is 64.8 cm³/mol. The Hall–Kier alpha value is -1.59. The number of carbonyl (C=O) groups excluding carboxylic acids is 2. The number of halogens is 1. The number of fused-ring (bicyclic) bond motifs is 1. The van der Waals surface area contributed by atoms with Crippen LogP contribution in [0.25, 0.3) is 0 Å². The quantitative estimate of drug-likeness (QED) is 0.787. The Labute approximate surface area is 103 Å². The second kappa shape index (κ2) is 4.35. The maximum atomic E-state index is 11.4. The fourth-order valence-electron chi connectivity index (χ4n) is 1.72. The summed E-state index contributed by atoms with van der Waals surface area (Å²) in [6, 6.07) is 3.11. The van der Waals surface area contributed by atoms with Crippen molar-refractivity contribution in [2.45, 2.75) is 0 Å². The molecule has 0 spiro atoms. The number of Topliss-reactive ketones (excluding diaryl/α,β-unsaturated/α-hetero) is 1. The third kappa shape index (κ3) is 1.99. The van der Waals surface area contributed by atoms with Crippen molar-refractivity contribution in [2.75, 3.05) is 30.4 Å². The van der Waals surface area contributed by atoms with Gasteiger partial charge >= 0.3 is 0 Å². The lowest BCUT2D eigenvalue weighted by Gasteiger charge is -2.20. The van der Waals surface area contributed by atoms with Crippen molar-refractivity contribution in [3.8, 4) is 0 Å². The first-order chi connectivity index (χ1) is 8.04. The summed E-state index contributed by atoms with van der Waals surface area (Å²) >= 11 is 6.04. The van der Waals surface area contributed by atoms with Crippen LogP contribution in [0.1, 0.15) is 10.4 Å². The van der Waals surface area contributed by atoms with E-state index in [2.05, 4.69) is 5.32 Å². The molecule has 1 aliphatic rings. The first kappa shape index (κ1) is 11.9. The molecule has 0 aromatic heterocycles. The summed E-state index contributed by atoms with van der Waals surface area (Å²) in [6.07, 6.45) is 0. The third-order valence-corrected chi connectivity index (χ3v) is 2.94. The van der Waals surface area contributed by atoms with Gasteiger partial charge in [0.2, 0.25) is 0 Å². The Kier molecular flexibility index (Phi) is 3.04. The molecule has 90 valence electrons. The number of aliphatic hydroxyl groups is 1. The monoisotopic (exact) mass is 254 g/mol. The van der Waals surface area contributed by atoms with E-state index in [0.29, 0.717) is 28.5 Å². The predicted octanol–water partition coefficient (Wildman–Crippen LogP) is 0.903. The summed E-state index contributed by atoms with van der Waals surface area (Å²) in [4.78, 5) is 24.4. The molecule has 0 bridgehead atoms. The summed E-state index contributed by atoms with van der Waals surface area (Å²) in [5.41, 5.74) is 1.42. The van der Waals surface area contributed by atoms with Gasteiger partial charge in [0.05, 0.1) is 28.6 Å². The van der Waals surface area contributed by atoms with Crippen LogP contribution < -0.4 is 10.2 Å². The minimum atomic E-state index is -0.641. The van der Waals surface area contributed by atoms with E-state index in [1.807, 2.05) is 0 Å². The van der Waals surface area contributed by atoms with E-state index in [1.54, 1.807) is 18.0 Å². The van der Waals surface area contributed by atoms with Crippen LogP contribution in [-0.4, -0.2) is 37.0 Å². The Morgan fingerprint density at radius 3 is 2.76 bits per heavy atom. The van der Waals surface area contributed by atoms with Gasteiger partial charge in [-0.25, -0.2) is 0 Å². The summed E-state index contributed by atoms with van der Waals surface area (Å²) in [6.45, 7) is 0.412. The molecule has 2 N–H and O–H groups in total. The van der Waals surface area contributed by atoms with Gasteiger partial charge in [-0.15, -0.1) is 0 Å². The van der Waals surface area contributed by atoms with Crippen LogP contribution >= 0.6 is 11.6 Å². The van der Waals surface area contributed by atoms with Gasteiger partial charge in [-0.2, -0.15) is 0 Å². The molecule has 0 atom stereocenters. The number of amides is 1. The largest absolute Gasteiger partial charge is 0.395 e. The van der Waals surface area contributed by atoms with Gasteiger partial charge in [-0.1, -0.05) is 11.6 Å². The highest BCUT2D eigenvalue weighted by Gasteiger charge is 2.29. The van der Waals surface area contributed by atoms with Crippen molar-refractivity contribution in [2.24, 2.45) is 0 Å². The number of nitrogens with one attached hydrogen (secondary N) is 1. The number of anilines is 2. The number of rotatable bonds is 3. The SMILES string of the molecule is CN(CCO)c1cc2c(cc1Cl)C(=O)C(=O)N2.